The van der Waals surface area contributed by atoms with Crippen molar-refractivity contribution in [2.24, 2.45) is 11.5 Å². The maximum absolute atomic E-state index is 12.5. The quantitative estimate of drug-likeness (QED) is 0.152. The normalized spacial score (nSPS) is 13.7. The molecule has 0 aliphatic carbocycles. The van der Waals surface area contributed by atoms with E-state index in [-0.39, 0.29) is 19.4 Å². The fourth-order valence-corrected chi connectivity index (χ4v) is 2.20. The van der Waals surface area contributed by atoms with Crippen LogP contribution in [0.4, 0.5) is 0 Å². The predicted octanol–water partition coefficient (Wildman–Crippen LogP) is -2.50. The van der Waals surface area contributed by atoms with Crippen molar-refractivity contribution in [2.75, 3.05) is 13.1 Å². The Hall–Kier alpha value is -2.73. The second-order valence-electron chi connectivity index (χ2n) is 6.17. The summed E-state index contributed by atoms with van der Waals surface area (Å²) >= 11 is 0. The van der Waals surface area contributed by atoms with Crippen LogP contribution in [0.2, 0.25) is 0 Å². The SMILES string of the molecule is CC(NC(=O)C(CCC(=O)O)NC(=O)C(CCCCN)NC(=O)CN)C(=O)O. The van der Waals surface area contributed by atoms with Gasteiger partial charge in [-0.15, -0.1) is 0 Å². The summed E-state index contributed by atoms with van der Waals surface area (Å²) in [6.45, 7) is 1.29. The van der Waals surface area contributed by atoms with E-state index in [0.29, 0.717) is 19.4 Å². The van der Waals surface area contributed by atoms with Crippen LogP contribution in [0.3, 0.4) is 0 Å². The Morgan fingerprint density at radius 2 is 1.43 bits per heavy atom. The molecular formula is C16H29N5O7. The Morgan fingerprint density at radius 1 is 0.857 bits per heavy atom. The van der Waals surface area contributed by atoms with Gasteiger partial charge in [0.05, 0.1) is 6.54 Å². The van der Waals surface area contributed by atoms with E-state index in [1.807, 2.05) is 0 Å². The molecule has 0 rings (SSSR count). The van der Waals surface area contributed by atoms with Gasteiger partial charge in [-0.3, -0.25) is 24.0 Å². The topological polar surface area (TPSA) is 214 Å². The number of carboxylic acid groups (broad SMARTS) is 2. The summed E-state index contributed by atoms with van der Waals surface area (Å²) in [6.07, 6.45) is 0.711. The molecule has 0 bridgehead atoms. The molecule has 0 aromatic rings. The maximum Gasteiger partial charge on any atom is 0.325 e. The number of hydrogen-bond acceptors (Lipinski definition) is 7. The minimum atomic E-state index is -1.29. The van der Waals surface area contributed by atoms with Crippen molar-refractivity contribution in [3.63, 3.8) is 0 Å². The fourth-order valence-electron chi connectivity index (χ4n) is 2.20. The van der Waals surface area contributed by atoms with Gasteiger partial charge in [-0.2, -0.15) is 0 Å². The molecule has 0 radical (unpaired) electrons. The van der Waals surface area contributed by atoms with Crippen LogP contribution < -0.4 is 27.4 Å². The van der Waals surface area contributed by atoms with Crippen molar-refractivity contribution in [3.8, 4) is 0 Å². The summed E-state index contributed by atoms with van der Waals surface area (Å²) in [4.78, 5) is 58.0. The van der Waals surface area contributed by atoms with Crippen LogP contribution in [0, 0.1) is 0 Å². The first-order chi connectivity index (χ1) is 13.1. The highest BCUT2D eigenvalue weighted by Gasteiger charge is 2.28. The lowest BCUT2D eigenvalue weighted by Gasteiger charge is -2.23. The summed E-state index contributed by atoms with van der Waals surface area (Å²) in [5.41, 5.74) is 10.7. The van der Waals surface area contributed by atoms with Gasteiger partial charge in [0.15, 0.2) is 0 Å². The van der Waals surface area contributed by atoms with E-state index in [2.05, 4.69) is 16.0 Å². The summed E-state index contributed by atoms with van der Waals surface area (Å²) in [5.74, 6) is -4.58. The van der Waals surface area contributed by atoms with Crippen LogP contribution in [0.1, 0.15) is 39.0 Å². The molecule has 3 atom stereocenters. The first-order valence-electron chi connectivity index (χ1n) is 8.87. The second-order valence-corrected chi connectivity index (χ2v) is 6.17. The summed E-state index contributed by atoms with van der Waals surface area (Å²) in [6, 6.07) is -3.49. The smallest absolute Gasteiger partial charge is 0.325 e. The van der Waals surface area contributed by atoms with Crippen molar-refractivity contribution in [1.82, 2.24) is 16.0 Å². The number of carboxylic acids is 2. The zero-order valence-electron chi connectivity index (χ0n) is 15.8. The molecule has 160 valence electrons. The maximum atomic E-state index is 12.5. The molecule has 3 unspecified atom stereocenters. The molecule has 28 heavy (non-hydrogen) atoms. The van der Waals surface area contributed by atoms with Crippen molar-refractivity contribution >= 4 is 29.7 Å². The third kappa shape index (κ3) is 10.4. The molecule has 12 heteroatoms. The Morgan fingerprint density at radius 3 is 1.93 bits per heavy atom. The van der Waals surface area contributed by atoms with Gasteiger partial charge in [-0.25, -0.2) is 0 Å². The standard InChI is InChI=1S/C16H29N5O7/c1-9(16(27)28)19-14(25)11(5-6-13(23)24)21-15(26)10(4-2-3-7-17)20-12(22)8-18/h9-11H,2-8,17-18H2,1H3,(H,19,25)(H,20,22)(H,21,26)(H,23,24)(H,27,28). The van der Waals surface area contributed by atoms with Gasteiger partial charge in [0.1, 0.15) is 18.1 Å². The highest BCUT2D eigenvalue weighted by atomic mass is 16.4. The number of rotatable bonds is 14. The Labute approximate surface area is 162 Å². The van der Waals surface area contributed by atoms with Crippen LogP contribution >= 0.6 is 0 Å². The minimum Gasteiger partial charge on any atom is -0.481 e. The van der Waals surface area contributed by atoms with E-state index >= 15 is 0 Å². The van der Waals surface area contributed by atoms with Gasteiger partial charge in [0.25, 0.3) is 0 Å². The molecule has 0 spiro atoms. The molecule has 0 aromatic heterocycles. The molecular weight excluding hydrogens is 374 g/mol. The number of aliphatic carboxylic acids is 2. The van der Waals surface area contributed by atoms with E-state index in [4.69, 9.17) is 21.7 Å². The first kappa shape index (κ1) is 25.3. The van der Waals surface area contributed by atoms with E-state index < -0.39 is 54.2 Å². The Balaban J connectivity index is 5.19. The second kappa shape index (κ2) is 13.4. The molecule has 9 N–H and O–H groups in total. The Kier molecular flexibility index (Phi) is 12.1. The van der Waals surface area contributed by atoms with Crippen molar-refractivity contribution in [2.45, 2.75) is 57.2 Å². The van der Waals surface area contributed by atoms with Gasteiger partial charge < -0.3 is 37.6 Å². The number of nitrogens with two attached hydrogens (primary N) is 2. The van der Waals surface area contributed by atoms with Crippen molar-refractivity contribution in [1.29, 1.82) is 0 Å². The first-order valence-corrected chi connectivity index (χ1v) is 8.87. The molecule has 0 fully saturated rings. The number of amides is 3. The molecule has 0 aromatic carbocycles. The van der Waals surface area contributed by atoms with Gasteiger partial charge in [-0.1, -0.05) is 0 Å². The predicted molar refractivity (Wildman–Crippen MR) is 97.9 cm³/mol. The van der Waals surface area contributed by atoms with Crippen molar-refractivity contribution in [3.05, 3.63) is 0 Å². The average molecular weight is 403 g/mol. The lowest BCUT2D eigenvalue weighted by atomic mass is 10.1. The van der Waals surface area contributed by atoms with E-state index in [1.54, 1.807) is 0 Å². The Bertz CT molecular complexity index is 570. The zero-order chi connectivity index (χ0) is 21.7. The monoisotopic (exact) mass is 403 g/mol. The van der Waals surface area contributed by atoms with Gasteiger partial charge in [-0.05, 0) is 39.2 Å². The largest absolute Gasteiger partial charge is 0.481 e. The average Bonchev–Trinajstić information content (AvgIpc) is 2.63. The van der Waals surface area contributed by atoms with Gasteiger partial charge in [0.2, 0.25) is 17.7 Å². The van der Waals surface area contributed by atoms with E-state index in [9.17, 15) is 24.0 Å². The molecule has 3 amide bonds. The third-order valence-electron chi connectivity index (χ3n) is 3.79. The highest BCUT2D eigenvalue weighted by molar-refractivity contribution is 5.93. The molecule has 12 nitrogen and oxygen atoms in total. The minimum absolute atomic E-state index is 0.244. The molecule has 0 saturated carbocycles. The van der Waals surface area contributed by atoms with Crippen molar-refractivity contribution < 1.29 is 34.2 Å². The lowest BCUT2D eigenvalue weighted by Crippen LogP contribution is -2.55. The zero-order valence-corrected chi connectivity index (χ0v) is 15.8. The lowest BCUT2D eigenvalue weighted by molar-refractivity contribution is -0.142. The van der Waals surface area contributed by atoms with E-state index in [0.717, 1.165) is 0 Å². The molecule has 0 heterocycles. The number of carbonyl (C=O) groups is 5. The summed E-state index contributed by atoms with van der Waals surface area (Å²) in [5, 5.41) is 24.7. The van der Waals surface area contributed by atoms with E-state index in [1.165, 1.54) is 6.92 Å². The third-order valence-corrected chi connectivity index (χ3v) is 3.79. The molecule has 0 aliphatic heterocycles. The fraction of sp³-hybridized carbons (Fsp3) is 0.688. The number of hydrogen-bond donors (Lipinski definition) is 7. The van der Waals surface area contributed by atoms with Crippen LogP contribution in [-0.4, -0.2) is 71.1 Å². The number of unbranched alkanes of at least 4 members (excludes halogenated alkanes) is 1. The highest BCUT2D eigenvalue weighted by Crippen LogP contribution is 2.05. The number of carbonyl (C=O) groups excluding carboxylic acids is 3. The van der Waals surface area contributed by atoms with Crippen LogP contribution in [-0.2, 0) is 24.0 Å². The van der Waals surface area contributed by atoms with Crippen LogP contribution in [0.5, 0.6) is 0 Å². The summed E-state index contributed by atoms with van der Waals surface area (Å²) < 4.78 is 0. The molecule has 0 aliphatic rings. The number of nitrogens with one attached hydrogen (secondary N) is 3. The van der Waals surface area contributed by atoms with Crippen LogP contribution in [0.25, 0.3) is 0 Å². The molecule has 0 saturated heterocycles. The van der Waals surface area contributed by atoms with Gasteiger partial charge >= 0.3 is 11.9 Å². The summed E-state index contributed by atoms with van der Waals surface area (Å²) in [7, 11) is 0. The van der Waals surface area contributed by atoms with Crippen LogP contribution in [0.15, 0.2) is 0 Å². The van der Waals surface area contributed by atoms with Gasteiger partial charge in [0, 0.05) is 6.42 Å².